The molecule has 0 saturated heterocycles. The van der Waals surface area contributed by atoms with Crippen molar-refractivity contribution in [1.82, 2.24) is 0 Å². The Bertz CT molecular complexity index is 330. The highest BCUT2D eigenvalue weighted by Gasteiger charge is 2.11. The van der Waals surface area contributed by atoms with Gasteiger partial charge in [0.2, 0.25) is 0 Å². The number of hydrogen-bond acceptors (Lipinski definition) is 2. The van der Waals surface area contributed by atoms with Gasteiger partial charge in [-0.15, -0.1) is 0 Å². The zero-order valence-corrected chi connectivity index (χ0v) is 8.68. The first-order chi connectivity index (χ1) is 6.56. The lowest BCUT2D eigenvalue weighted by Gasteiger charge is -2.14. The lowest BCUT2D eigenvalue weighted by molar-refractivity contribution is 0.276. The SMILES string of the molecule is Cc1cc(F)c(Cl)cc1C(N)CCO. The van der Waals surface area contributed by atoms with Gasteiger partial charge in [0.1, 0.15) is 5.82 Å². The van der Waals surface area contributed by atoms with Gasteiger partial charge in [-0.25, -0.2) is 4.39 Å². The summed E-state index contributed by atoms with van der Waals surface area (Å²) in [4.78, 5) is 0. The molecule has 0 aromatic heterocycles. The third-order valence-electron chi connectivity index (χ3n) is 2.15. The molecule has 0 radical (unpaired) electrons. The van der Waals surface area contributed by atoms with Crippen LogP contribution in [-0.4, -0.2) is 11.7 Å². The largest absolute Gasteiger partial charge is 0.396 e. The van der Waals surface area contributed by atoms with Crippen molar-refractivity contribution >= 4 is 11.6 Å². The molecule has 4 heteroatoms. The minimum absolute atomic E-state index is 0.00953. The van der Waals surface area contributed by atoms with Crippen molar-refractivity contribution in [2.45, 2.75) is 19.4 Å². The maximum atomic E-state index is 13.0. The predicted octanol–water partition coefficient (Wildman–Crippen LogP) is 2.17. The Labute approximate surface area is 87.5 Å². The van der Waals surface area contributed by atoms with Crippen LogP contribution in [0.1, 0.15) is 23.6 Å². The summed E-state index contributed by atoms with van der Waals surface area (Å²) < 4.78 is 13.0. The number of aliphatic hydroxyl groups excluding tert-OH is 1. The van der Waals surface area contributed by atoms with Gasteiger partial charge in [0, 0.05) is 12.6 Å². The molecule has 0 aliphatic heterocycles. The van der Waals surface area contributed by atoms with Gasteiger partial charge in [-0.05, 0) is 36.6 Å². The molecule has 1 unspecified atom stereocenters. The summed E-state index contributed by atoms with van der Waals surface area (Å²) in [7, 11) is 0. The molecule has 1 aromatic carbocycles. The van der Waals surface area contributed by atoms with E-state index >= 15 is 0 Å². The van der Waals surface area contributed by atoms with Crippen molar-refractivity contribution in [3.05, 3.63) is 34.1 Å². The van der Waals surface area contributed by atoms with E-state index in [0.717, 1.165) is 11.1 Å². The van der Waals surface area contributed by atoms with E-state index in [4.69, 9.17) is 22.4 Å². The van der Waals surface area contributed by atoms with E-state index in [2.05, 4.69) is 0 Å². The monoisotopic (exact) mass is 217 g/mol. The number of nitrogens with two attached hydrogens (primary N) is 1. The smallest absolute Gasteiger partial charge is 0.142 e. The van der Waals surface area contributed by atoms with Gasteiger partial charge >= 0.3 is 0 Å². The highest BCUT2D eigenvalue weighted by Crippen LogP contribution is 2.24. The zero-order valence-electron chi connectivity index (χ0n) is 7.93. The Kier molecular flexibility index (Phi) is 3.86. The molecule has 0 saturated carbocycles. The summed E-state index contributed by atoms with van der Waals surface area (Å²) in [6.45, 7) is 1.78. The number of benzene rings is 1. The molecule has 78 valence electrons. The van der Waals surface area contributed by atoms with E-state index in [0.29, 0.717) is 6.42 Å². The summed E-state index contributed by atoms with van der Waals surface area (Å²) >= 11 is 5.64. The minimum atomic E-state index is -0.441. The highest BCUT2D eigenvalue weighted by molar-refractivity contribution is 6.30. The van der Waals surface area contributed by atoms with Crippen LogP contribution >= 0.6 is 11.6 Å². The molecule has 0 fully saturated rings. The van der Waals surface area contributed by atoms with Crippen molar-refractivity contribution in [3.8, 4) is 0 Å². The molecule has 0 bridgehead atoms. The van der Waals surface area contributed by atoms with Gasteiger partial charge in [-0.3, -0.25) is 0 Å². The number of hydrogen-bond donors (Lipinski definition) is 2. The van der Waals surface area contributed by atoms with Crippen molar-refractivity contribution in [2.75, 3.05) is 6.61 Å². The van der Waals surface area contributed by atoms with Crippen LogP contribution in [-0.2, 0) is 0 Å². The van der Waals surface area contributed by atoms with Crippen LogP contribution in [0.25, 0.3) is 0 Å². The molecular formula is C10H13ClFNO. The van der Waals surface area contributed by atoms with E-state index in [1.54, 1.807) is 6.92 Å². The second kappa shape index (κ2) is 4.73. The molecule has 1 rings (SSSR count). The molecule has 0 spiro atoms. The Morgan fingerprint density at radius 3 is 2.79 bits per heavy atom. The fraction of sp³-hybridized carbons (Fsp3) is 0.400. The zero-order chi connectivity index (χ0) is 10.7. The fourth-order valence-electron chi connectivity index (χ4n) is 1.36. The van der Waals surface area contributed by atoms with Gasteiger partial charge < -0.3 is 10.8 Å². The fourth-order valence-corrected chi connectivity index (χ4v) is 1.53. The third-order valence-corrected chi connectivity index (χ3v) is 2.44. The molecule has 0 heterocycles. The first-order valence-corrected chi connectivity index (χ1v) is 4.76. The quantitative estimate of drug-likeness (QED) is 0.815. The number of aliphatic hydroxyl groups is 1. The molecule has 2 nitrogen and oxygen atoms in total. The van der Waals surface area contributed by atoms with Crippen LogP contribution in [0.2, 0.25) is 5.02 Å². The van der Waals surface area contributed by atoms with Crippen LogP contribution in [0.5, 0.6) is 0 Å². The molecular weight excluding hydrogens is 205 g/mol. The van der Waals surface area contributed by atoms with Crippen molar-refractivity contribution in [3.63, 3.8) is 0 Å². The van der Waals surface area contributed by atoms with Crippen LogP contribution < -0.4 is 5.73 Å². The second-order valence-electron chi connectivity index (χ2n) is 3.24. The number of halogens is 2. The molecule has 0 aliphatic rings. The summed E-state index contributed by atoms with van der Waals surface area (Å²) in [6.07, 6.45) is 0.447. The van der Waals surface area contributed by atoms with Crippen LogP contribution in [0, 0.1) is 12.7 Å². The summed E-state index contributed by atoms with van der Waals surface area (Å²) in [5.74, 6) is -0.441. The lowest BCUT2D eigenvalue weighted by atomic mass is 10.00. The van der Waals surface area contributed by atoms with E-state index < -0.39 is 5.82 Å². The van der Waals surface area contributed by atoms with Crippen molar-refractivity contribution in [2.24, 2.45) is 5.73 Å². The van der Waals surface area contributed by atoms with Crippen LogP contribution in [0.4, 0.5) is 4.39 Å². The van der Waals surface area contributed by atoms with E-state index in [1.807, 2.05) is 0 Å². The normalized spacial score (nSPS) is 12.9. The van der Waals surface area contributed by atoms with Crippen molar-refractivity contribution < 1.29 is 9.50 Å². The Morgan fingerprint density at radius 2 is 2.21 bits per heavy atom. The van der Waals surface area contributed by atoms with E-state index in [9.17, 15) is 4.39 Å². The van der Waals surface area contributed by atoms with E-state index in [1.165, 1.54) is 12.1 Å². The average molecular weight is 218 g/mol. The molecule has 1 aromatic rings. The highest BCUT2D eigenvalue weighted by atomic mass is 35.5. The molecule has 0 aliphatic carbocycles. The number of aryl methyl sites for hydroxylation is 1. The standard InChI is InChI=1S/C10H13ClFNO/c1-6-4-9(12)8(11)5-7(6)10(13)2-3-14/h4-5,10,14H,2-3,13H2,1H3. The number of rotatable bonds is 3. The maximum Gasteiger partial charge on any atom is 0.142 e. The second-order valence-corrected chi connectivity index (χ2v) is 3.65. The molecule has 3 N–H and O–H groups in total. The minimum Gasteiger partial charge on any atom is -0.396 e. The lowest BCUT2D eigenvalue weighted by Crippen LogP contribution is -2.13. The molecule has 0 amide bonds. The first kappa shape index (κ1) is 11.4. The van der Waals surface area contributed by atoms with Gasteiger partial charge in [-0.1, -0.05) is 11.6 Å². The van der Waals surface area contributed by atoms with Crippen LogP contribution in [0.3, 0.4) is 0 Å². The van der Waals surface area contributed by atoms with Gasteiger partial charge in [0.05, 0.1) is 5.02 Å². The summed E-state index contributed by atoms with van der Waals surface area (Å²) in [6, 6.07) is 2.58. The Hall–Kier alpha value is -0.640. The summed E-state index contributed by atoms with van der Waals surface area (Å²) in [5, 5.41) is 8.79. The van der Waals surface area contributed by atoms with Crippen LogP contribution in [0.15, 0.2) is 12.1 Å². The molecule has 14 heavy (non-hydrogen) atoms. The maximum absolute atomic E-state index is 13.0. The third kappa shape index (κ3) is 2.44. The van der Waals surface area contributed by atoms with Crippen molar-refractivity contribution in [1.29, 1.82) is 0 Å². The topological polar surface area (TPSA) is 46.2 Å². The summed E-state index contributed by atoms with van der Waals surface area (Å²) in [5.41, 5.74) is 7.32. The first-order valence-electron chi connectivity index (χ1n) is 4.38. The molecule has 1 atom stereocenters. The van der Waals surface area contributed by atoms with Gasteiger partial charge in [0.15, 0.2) is 0 Å². The average Bonchev–Trinajstić information content (AvgIpc) is 2.11. The Balaban J connectivity index is 3.02. The predicted molar refractivity (Wildman–Crippen MR) is 54.8 cm³/mol. The van der Waals surface area contributed by atoms with E-state index in [-0.39, 0.29) is 17.7 Å². The Morgan fingerprint density at radius 1 is 1.57 bits per heavy atom. The van der Waals surface area contributed by atoms with Gasteiger partial charge in [0.25, 0.3) is 0 Å². The van der Waals surface area contributed by atoms with Gasteiger partial charge in [-0.2, -0.15) is 0 Å².